The van der Waals surface area contributed by atoms with Gasteiger partial charge in [-0.25, -0.2) is 0 Å². The van der Waals surface area contributed by atoms with Gasteiger partial charge in [0.25, 0.3) is 0 Å². The van der Waals surface area contributed by atoms with Gasteiger partial charge in [0.15, 0.2) is 0 Å². The Kier molecular flexibility index (Phi) is 3.05. The molecule has 114 valence electrons. The zero-order valence-electron chi connectivity index (χ0n) is 13.4. The topological polar surface area (TPSA) is 20.2 Å². The summed E-state index contributed by atoms with van der Waals surface area (Å²) in [6, 6.07) is 0. The predicted octanol–water partition coefficient (Wildman–Crippen LogP) is 4.78. The highest BCUT2D eigenvalue weighted by Crippen LogP contribution is 2.66. The lowest BCUT2D eigenvalue weighted by atomic mass is 9.44. The minimum Gasteiger partial charge on any atom is -0.393 e. The summed E-state index contributed by atoms with van der Waals surface area (Å²) < 4.78 is 0. The van der Waals surface area contributed by atoms with E-state index in [9.17, 15) is 5.11 Å². The SMILES string of the molecule is C[C@]12CCC[C@@H]1[C@@H]1CC[C@H]3CCCC[C@]3(C)[C@@H]1[C@H](O)C2. The van der Waals surface area contributed by atoms with Crippen LogP contribution in [0, 0.1) is 34.5 Å². The highest BCUT2D eigenvalue weighted by atomic mass is 16.3. The molecular formula is C19H32O. The number of fused-ring (bicyclic) bond motifs is 5. The average Bonchev–Trinajstić information content (AvgIpc) is 2.78. The summed E-state index contributed by atoms with van der Waals surface area (Å²) in [4.78, 5) is 0. The second-order valence-corrected chi connectivity index (χ2v) is 9.14. The molecule has 0 aromatic heterocycles. The second kappa shape index (κ2) is 4.48. The van der Waals surface area contributed by atoms with Gasteiger partial charge in [0.05, 0.1) is 6.10 Å². The smallest absolute Gasteiger partial charge is 0.0581 e. The van der Waals surface area contributed by atoms with Crippen molar-refractivity contribution in [3.05, 3.63) is 0 Å². The van der Waals surface area contributed by atoms with Gasteiger partial charge in [0.2, 0.25) is 0 Å². The van der Waals surface area contributed by atoms with Crippen molar-refractivity contribution >= 4 is 0 Å². The first-order valence-corrected chi connectivity index (χ1v) is 9.23. The molecule has 0 saturated heterocycles. The van der Waals surface area contributed by atoms with E-state index in [0.29, 0.717) is 16.7 Å². The van der Waals surface area contributed by atoms with Gasteiger partial charge in [-0.2, -0.15) is 0 Å². The fraction of sp³-hybridized carbons (Fsp3) is 1.00. The fourth-order valence-corrected chi connectivity index (χ4v) is 7.43. The largest absolute Gasteiger partial charge is 0.393 e. The Hall–Kier alpha value is -0.0400. The number of hydrogen-bond donors (Lipinski definition) is 1. The van der Waals surface area contributed by atoms with E-state index in [1.807, 2.05) is 0 Å². The molecule has 0 aliphatic heterocycles. The van der Waals surface area contributed by atoms with Crippen molar-refractivity contribution < 1.29 is 5.11 Å². The normalized spacial score (nSPS) is 58.6. The van der Waals surface area contributed by atoms with Gasteiger partial charge in [-0.05, 0) is 79.4 Å². The van der Waals surface area contributed by atoms with Crippen LogP contribution in [0.5, 0.6) is 0 Å². The van der Waals surface area contributed by atoms with Gasteiger partial charge in [-0.3, -0.25) is 0 Å². The van der Waals surface area contributed by atoms with Crippen LogP contribution in [0.15, 0.2) is 0 Å². The van der Waals surface area contributed by atoms with Crippen molar-refractivity contribution in [2.75, 3.05) is 0 Å². The van der Waals surface area contributed by atoms with E-state index in [4.69, 9.17) is 0 Å². The summed E-state index contributed by atoms with van der Waals surface area (Å²) in [6.07, 6.45) is 13.9. The lowest BCUT2D eigenvalue weighted by Gasteiger charge is -2.61. The Balaban J connectivity index is 1.69. The Morgan fingerprint density at radius 1 is 0.900 bits per heavy atom. The Labute approximate surface area is 124 Å². The standard InChI is InChI=1S/C19H32O/c1-18-10-5-7-15(18)14-9-8-13-6-3-4-11-19(13,2)17(14)16(20)12-18/h13-17,20H,3-12H2,1-2H3/t13-,14+,15-,16-,17+,18-,19+/m1/s1. The zero-order valence-corrected chi connectivity index (χ0v) is 13.4. The summed E-state index contributed by atoms with van der Waals surface area (Å²) >= 11 is 0. The van der Waals surface area contributed by atoms with E-state index in [1.54, 1.807) is 0 Å². The van der Waals surface area contributed by atoms with Gasteiger partial charge in [0, 0.05) is 0 Å². The lowest BCUT2D eigenvalue weighted by Crippen LogP contribution is -2.57. The lowest BCUT2D eigenvalue weighted by molar-refractivity contribution is -0.162. The highest BCUT2D eigenvalue weighted by Gasteiger charge is 2.60. The van der Waals surface area contributed by atoms with Crippen molar-refractivity contribution in [3.8, 4) is 0 Å². The third kappa shape index (κ3) is 1.71. The van der Waals surface area contributed by atoms with Crippen LogP contribution >= 0.6 is 0 Å². The molecule has 1 N–H and O–H groups in total. The molecule has 0 radical (unpaired) electrons. The van der Waals surface area contributed by atoms with Gasteiger partial charge in [-0.15, -0.1) is 0 Å². The maximum Gasteiger partial charge on any atom is 0.0581 e. The van der Waals surface area contributed by atoms with Crippen LogP contribution in [0.3, 0.4) is 0 Å². The Morgan fingerprint density at radius 2 is 1.75 bits per heavy atom. The van der Waals surface area contributed by atoms with E-state index in [-0.39, 0.29) is 6.10 Å². The molecule has 7 atom stereocenters. The summed E-state index contributed by atoms with van der Waals surface area (Å²) in [5.74, 6) is 3.30. The monoisotopic (exact) mass is 276 g/mol. The van der Waals surface area contributed by atoms with E-state index in [2.05, 4.69) is 13.8 Å². The molecule has 1 nitrogen and oxygen atoms in total. The molecule has 4 aliphatic rings. The van der Waals surface area contributed by atoms with Crippen LogP contribution in [0.4, 0.5) is 0 Å². The molecule has 20 heavy (non-hydrogen) atoms. The van der Waals surface area contributed by atoms with E-state index in [1.165, 1.54) is 57.8 Å². The number of aliphatic hydroxyl groups excluding tert-OH is 1. The first-order valence-electron chi connectivity index (χ1n) is 9.23. The Morgan fingerprint density at radius 3 is 2.60 bits per heavy atom. The molecule has 0 aromatic rings. The van der Waals surface area contributed by atoms with Gasteiger partial charge in [-0.1, -0.05) is 33.1 Å². The van der Waals surface area contributed by atoms with Crippen molar-refractivity contribution in [1.29, 1.82) is 0 Å². The highest BCUT2D eigenvalue weighted by molar-refractivity contribution is 5.09. The van der Waals surface area contributed by atoms with E-state index in [0.717, 1.165) is 24.2 Å². The summed E-state index contributed by atoms with van der Waals surface area (Å²) in [6.45, 7) is 5.04. The van der Waals surface area contributed by atoms with Gasteiger partial charge >= 0.3 is 0 Å². The van der Waals surface area contributed by atoms with Crippen molar-refractivity contribution in [2.24, 2.45) is 34.5 Å². The molecule has 4 rings (SSSR count). The maximum atomic E-state index is 11.0. The zero-order chi connectivity index (χ0) is 14.0. The molecule has 0 spiro atoms. The molecule has 0 unspecified atom stereocenters. The van der Waals surface area contributed by atoms with E-state index < -0.39 is 0 Å². The fourth-order valence-electron chi connectivity index (χ4n) is 7.43. The van der Waals surface area contributed by atoms with Crippen molar-refractivity contribution in [3.63, 3.8) is 0 Å². The third-order valence-electron chi connectivity index (χ3n) is 8.29. The predicted molar refractivity (Wildman–Crippen MR) is 82.4 cm³/mol. The number of aliphatic hydroxyl groups is 1. The molecule has 1 heteroatoms. The van der Waals surface area contributed by atoms with Crippen LogP contribution in [-0.2, 0) is 0 Å². The first-order chi connectivity index (χ1) is 9.55. The molecule has 0 heterocycles. The Bertz CT molecular complexity index is 391. The quantitative estimate of drug-likeness (QED) is 0.675. The van der Waals surface area contributed by atoms with Gasteiger partial charge < -0.3 is 5.11 Å². The molecule has 0 amide bonds. The molecule has 4 fully saturated rings. The van der Waals surface area contributed by atoms with Crippen LogP contribution < -0.4 is 0 Å². The number of rotatable bonds is 0. The summed E-state index contributed by atoms with van der Waals surface area (Å²) in [7, 11) is 0. The minimum atomic E-state index is -0.00903. The third-order valence-corrected chi connectivity index (χ3v) is 8.29. The summed E-state index contributed by atoms with van der Waals surface area (Å²) in [5, 5.41) is 11.0. The molecule has 0 bridgehead atoms. The average molecular weight is 276 g/mol. The van der Waals surface area contributed by atoms with E-state index >= 15 is 0 Å². The molecular weight excluding hydrogens is 244 g/mol. The summed E-state index contributed by atoms with van der Waals surface area (Å²) in [5.41, 5.74) is 0.933. The second-order valence-electron chi connectivity index (χ2n) is 9.14. The number of hydrogen-bond acceptors (Lipinski definition) is 1. The minimum absolute atomic E-state index is 0.00903. The first kappa shape index (κ1) is 13.6. The van der Waals surface area contributed by atoms with Crippen LogP contribution in [-0.4, -0.2) is 11.2 Å². The maximum absolute atomic E-state index is 11.0. The molecule has 0 aromatic carbocycles. The van der Waals surface area contributed by atoms with Crippen molar-refractivity contribution in [2.45, 2.75) is 84.2 Å². The molecule has 4 saturated carbocycles. The van der Waals surface area contributed by atoms with Crippen molar-refractivity contribution in [1.82, 2.24) is 0 Å². The van der Waals surface area contributed by atoms with Crippen LogP contribution in [0.2, 0.25) is 0 Å². The molecule has 4 aliphatic carbocycles. The van der Waals surface area contributed by atoms with Crippen LogP contribution in [0.25, 0.3) is 0 Å². The van der Waals surface area contributed by atoms with Gasteiger partial charge in [0.1, 0.15) is 0 Å². The van der Waals surface area contributed by atoms with Crippen LogP contribution in [0.1, 0.15) is 78.1 Å².